The van der Waals surface area contributed by atoms with Gasteiger partial charge in [-0.2, -0.15) is 0 Å². The fourth-order valence-corrected chi connectivity index (χ4v) is 3.61. The highest BCUT2D eigenvalue weighted by Gasteiger charge is 2.28. The van der Waals surface area contributed by atoms with Crippen LogP contribution in [0.2, 0.25) is 0 Å². The van der Waals surface area contributed by atoms with Crippen LogP contribution in [-0.4, -0.2) is 18.0 Å². The first kappa shape index (κ1) is 17.8. The Morgan fingerprint density at radius 2 is 1.55 bits per heavy atom. The molecule has 2 aliphatic carbocycles. The van der Waals surface area contributed by atoms with Crippen molar-refractivity contribution in [2.45, 2.75) is 82.6 Å². The Balaban J connectivity index is 0.00000200. The number of nitrogens with one attached hydrogen (secondary N) is 1. The molecule has 0 radical (unpaired) electrons. The van der Waals surface area contributed by atoms with E-state index in [4.69, 9.17) is 5.73 Å². The van der Waals surface area contributed by atoms with Crippen LogP contribution in [-0.2, 0) is 4.79 Å². The Hall–Kier alpha value is -0.280. The van der Waals surface area contributed by atoms with Gasteiger partial charge in [0.2, 0.25) is 5.91 Å². The minimum Gasteiger partial charge on any atom is -0.354 e. The third-order valence-electron chi connectivity index (χ3n) is 4.94. The van der Waals surface area contributed by atoms with Gasteiger partial charge in [-0.15, -0.1) is 12.4 Å². The third-order valence-corrected chi connectivity index (χ3v) is 4.94. The number of carbonyl (C=O) groups excluding carboxylic acids is 1. The van der Waals surface area contributed by atoms with Crippen LogP contribution in [0.5, 0.6) is 0 Å². The molecule has 0 bridgehead atoms. The zero-order valence-electron chi connectivity index (χ0n) is 12.7. The molecule has 0 atom stereocenters. The molecule has 0 spiro atoms. The van der Waals surface area contributed by atoms with Gasteiger partial charge in [0.15, 0.2) is 0 Å². The van der Waals surface area contributed by atoms with E-state index in [2.05, 4.69) is 5.32 Å². The van der Waals surface area contributed by atoms with Crippen molar-refractivity contribution in [2.24, 2.45) is 11.7 Å². The lowest BCUT2D eigenvalue weighted by atomic mass is 9.82. The molecule has 0 heterocycles. The lowest BCUT2D eigenvalue weighted by Gasteiger charge is -2.33. The van der Waals surface area contributed by atoms with Crippen molar-refractivity contribution in [1.82, 2.24) is 5.32 Å². The molecule has 3 nitrogen and oxygen atoms in total. The van der Waals surface area contributed by atoms with Gasteiger partial charge in [-0.3, -0.25) is 4.79 Å². The Bertz CT molecular complexity index is 282. The highest BCUT2D eigenvalue weighted by molar-refractivity contribution is 5.85. The predicted molar refractivity (Wildman–Crippen MR) is 86.1 cm³/mol. The number of rotatable bonds is 4. The maximum absolute atomic E-state index is 12.0. The molecule has 20 heavy (non-hydrogen) atoms. The van der Waals surface area contributed by atoms with E-state index in [1.54, 1.807) is 0 Å². The van der Waals surface area contributed by atoms with Crippen molar-refractivity contribution < 1.29 is 4.79 Å². The van der Waals surface area contributed by atoms with Gasteiger partial charge in [-0.05, 0) is 31.6 Å². The number of amides is 1. The van der Waals surface area contributed by atoms with Crippen LogP contribution >= 0.6 is 12.4 Å². The van der Waals surface area contributed by atoms with E-state index in [-0.39, 0.29) is 23.9 Å². The second-order valence-corrected chi connectivity index (χ2v) is 6.76. The zero-order chi connectivity index (χ0) is 13.6. The molecule has 0 unspecified atom stereocenters. The molecular weight excluding hydrogens is 272 g/mol. The summed E-state index contributed by atoms with van der Waals surface area (Å²) in [5, 5.41) is 3.10. The van der Waals surface area contributed by atoms with E-state index in [0.717, 1.165) is 19.3 Å². The third kappa shape index (κ3) is 6.01. The van der Waals surface area contributed by atoms with E-state index in [9.17, 15) is 4.79 Å². The van der Waals surface area contributed by atoms with E-state index in [1.165, 1.54) is 57.8 Å². The smallest absolute Gasteiger partial charge is 0.220 e. The molecule has 0 aromatic rings. The molecule has 2 aliphatic rings. The predicted octanol–water partition coefficient (Wildman–Crippen LogP) is 3.55. The maximum Gasteiger partial charge on any atom is 0.220 e. The van der Waals surface area contributed by atoms with Crippen molar-refractivity contribution in [3.05, 3.63) is 0 Å². The molecule has 1 amide bonds. The molecule has 2 fully saturated rings. The van der Waals surface area contributed by atoms with Gasteiger partial charge in [0.1, 0.15) is 0 Å². The first-order chi connectivity index (χ1) is 9.18. The van der Waals surface area contributed by atoms with E-state index in [1.807, 2.05) is 0 Å². The van der Waals surface area contributed by atoms with Crippen LogP contribution in [0.1, 0.15) is 77.0 Å². The summed E-state index contributed by atoms with van der Waals surface area (Å²) in [6, 6.07) is 0. The van der Waals surface area contributed by atoms with Crippen LogP contribution < -0.4 is 11.1 Å². The first-order valence-corrected chi connectivity index (χ1v) is 8.24. The molecule has 0 aromatic carbocycles. The molecule has 3 N–H and O–H groups in total. The van der Waals surface area contributed by atoms with Gasteiger partial charge < -0.3 is 11.1 Å². The number of carbonyl (C=O) groups is 1. The maximum atomic E-state index is 12.0. The Morgan fingerprint density at radius 1 is 1.00 bits per heavy atom. The van der Waals surface area contributed by atoms with Gasteiger partial charge >= 0.3 is 0 Å². The standard InChI is InChI=1S/C16H30N2O.ClH/c17-16(10-6-3-7-11-16)13-18-15(19)12-14-8-4-1-2-5-9-14;/h14H,1-13,17H2,(H,18,19);1H. The average Bonchev–Trinajstić information content (AvgIpc) is 2.66. The molecule has 2 rings (SSSR count). The van der Waals surface area contributed by atoms with E-state index in [0.29, 0.717) is 12.5 Å². The van der Waals surface area contributed by atoms with Crippen LogP contribution in [0.4, 0.5) is 0 Å². The van der Waals surface area contributed by atoms with E-state index < -0.39 is 0 Å². The fourth-order valence-electron chi connectivity index (χ4n) is 3.61. The van der Waals surface area contributed by atoms with Crippen molar-refractivity contribution in [3.63, 3.8) is 0 Å². The SMILES string of the molecule is Cl.NC1(CNC(=O)CC2CCCCCC2)CCCCC1. The summed E-state index contributed by atoms with van der Waals surface area (Å²) in [4.78, 5) is 12.0. The summed E-state index contributed by atoms with van der Waals surface area (Å²) >= 11 is 0. The van der Waals surface area contributed by atoms with Crippen LogP contribution in [0, 0.1) is 5.92 Å². The van der Waals surface area contributed by atoms with Crippen LogP contribution in [0.25, 0.3) is 0 Å². The summed E-state index contributed by atoms with van der Waals surface area (Å²) in [5.74, 6) is 0.838. The van der Waals surface area contributed by atoms with Gasteiger partial charge in [0, 0.05) is 18.5 Å². The summed E-state index contributed by atoms with van der Waals surface area (Å²) in [6.45, 7) is 0.679. The second kappa shape index (κ2) is 8.89. The van der Waals surface area contributed by atoms with Crippen LogP contribution in [0.3, 0.4) is 0 Å². The lowest BCUT2D eigenvalue weighted by molar-refractivity contribution is -0.122. The Labute approximate surface area is 129 Å². The second-order valence-electron chi connectivity index (χ2n) is 6.76. The Morgan fingerprint density at radius 3 is 2.15 bits per heavy atom. The lowest BCUT2D eigenvalue weighted by Crippen LogP contribution is -2.51. The molecular formula is C16H31ClN2O. The zero-order valence-corrected chi connectivity index (χ0v) is 13.5. The fraction of sp³-hybridized carbons (Fsp3) is 0.938. The molecule has 2 saturated carbocycles. The van der Waals surface area contributed by atoms with Crippen molar-refractivity contribution in [2.75, 3.05) is 6.54 Å². The number of hydrogen-bond acceptors (Lipinski definition) is 2. The molecule has 4 heteroatoms. The number of hydrogen-bond donors (Lipinski definition) is 2. The minimum absolute atomic E-state index is 0. The summed E-state index contributed by atoms with van der Waals surface area (Å²) < 4.78 is 0. The van der Waals surface area contributed by atoms with Gasteiger partial charge in [-0.25, -0.2) is 0 Å². The normalized spacial score (nSPS) is 23.4. The van der Waals surface area contributed by atoms with Crippen LogP contribution in [0.15, 0.2) is 0 Å². The number of nitrogens with two attached hydrogens (primary N) is 1. The molecule has 0 saturated heterocycles. The van der Waals surface area contributed by atoms with Gasteiger partial charge in [0.05, 0.1) is 0 Å². The molecule has 0 aromatic heterocycles. The molecule has 0 aliphatic heterocycles. The minimum atomic E-state index is -0.128. The summed E-state index contributed by atoms with van der Waals surface area (Å²) in [6.07, 6.45) is 14.4. The highest BCUT2D eigenvalue weighted by Crippen LogP contribution is 2.26. The summed E-state index contributed by atoms with van der Waals surface area (Å²) in [5.41, 5.74) is 6.22. The average molecular weight is 303 g/mol. The van der Waals surface area contributed by atoms with Gasteiger partial charge in [0.25, 0.3) is 0 Å². The van der Waals surface area contributed by atoms with E-state index >= 15 is 0 Å². The highest BCUT2D eigenvalue weighted by atomic mass is 35.5. The monoisotopic (exact) mass is 302 g/mol. The molecule has 118 valence electrons. The first-order valence-electron chi connectivity index (χ1n) is 8.24. The van der Waals surface area contributed by atoms with Crippen molar-refractivity contribution in [3.8, 4) is 0 Å². The largest absolute Gasteiger partial charge is 0.354 e. The topological polar surface area (TPSA) is 55.1 Å². The van der Waals surface area contributed by atoms with Crippen molar-refractivity contribution >= 4 is 18.3 Å². The quantitative estimate of drug-likeness (QED) is 0.780. The van der Waals surface area contributed by atoms with Gasteiger partial charge in [-0.1, -0.05) is 44.9 Å². The summed E-state index contributed by atoms with van der Waals surface area (Å²) in [7, 11) is 0. The Kier molecular flexibility index (Phi) is 7.90. The number of halogens is 1. The van der Waals surface area contributed by atoms with Crippen molar-refractivity contribution in [1.29, 1.82) is 0 Å².